The molecule has 0 radical (unpaired) electrons. The van der Waals surface area contributed by atoms with E-state index in [-0.39, 0.29) is 10.9 Å². The Bertz CT molecular complexity index is 2010. The van der Waals surface area contributed by atoms with E-state index in [2.05, 4.69) is 136 Å². The number of aliphatic hydroxyl groups is 1. The van der Waals surface area contributed by atoms with Crippen LogP contribution >= 0.6 is 0 Å². The molecule has 0 fully saturated rings. The van der Waals surface area contributed by atoms with Crippen LogP contribution in [-0.4, -0.2) is 40.5 Å². The average Bonchev–Trinajstić information content (AvgIpc) is 3.24. The Kier molecular flexibility index (Phi) is 20.8. The fourth-order valence-electron chi connectivity index (χ4n) is 5.31. The molecule has 0 spiro atoms. The summed E-state index contributed by atoms with van der Waals surface area (Å²) in [5, 5.41) is 14.2. The third-order valence-electron chi connectivity index (χ3n) is 10.3. The Morgan fingerprint density at radius 3 is 1.30 bits per heavy atom. The number of carbonyl (C=O) groups excluding carboxylic acids is 1. The zero-order valence-electron chi connectivity index (χ0n) is 37.1. The first kappa shape index (κ1) is 52.6. The van der Waals surface area contributed by atoms with Crippen LogP contribution in [0, 0.1) is 5.41 Å². The Balaban J connectivity index is 0.000000286. The number of halogens is 2. The largest absolute Gasteiger partial charge is 0.743 e. The molecule has 3 atom stereocenters. The van der Waals surface area contributed by atoms with E-state index in [0.29, 0.717) is 30.9 Å². The zero-order valence-corrected chi connectivity index (χ0v) is 38.8. The number of esters is 1. The number of alkyl halides is 2. The van der Waals surface area contributed by atoms with Crippen molar-refractivity contribution in [1.82, 2.24) is 0 Å². The fourth-order valence-corrected chi connectivity index (χ4v) is 7.87. The lowest BCUT2D eigenvalue weighted by Crippen LogP contribution is -2.44. The highest BCUT2D eigenvalue weighted by molar-refractivity contribution is 7.97. The second-order valence-electron chi connectivity index (χ2n) is 15.9. The van der Waals surface area contributed by atoms with Gasteiger partial charge in [-0.25, -0.2) is 8.42 Å². The first-order valence-corrected chi connectivity index (χ1v) is 23.2. The first-order valence-electron chi connectivity index (χ1n) is 20.5. The molecule has 332 valence electrons. The molecular formula is C50H64F2O7S2. The fraction of sp³-hybridized carbons (Fsp3) is 0.380. The lowest BCUT2D eigenvalue weighted by atomic mass is 9.91. The summed E-state index contributed by atoms with van der Waals surface area (Å²) >= 11 is 0. The number of phenols is 1. The molecule has 0 aliphatic rings. The number of phenolic OH excluding ortho intramolecular Hbond substituents is 1. The Morgan fingerprint density at radius 1 is 0.656 bits per heavy atom. The summed E-state index contributed by atoms with van der Waals surface area (Å²) in [6, 6.07) is 47.8. The van der Waals surface area contributed by atoms with Crippen molar-refractivity contribution in [2.45, 2.75) is 132 Å². The van der Waals surface area contributed by atoms with Gasteiger partial charge in [-0.15, -0.1) is 0 Å². The summed E-state index contributed by atoms with van der Waals surface area (Å²) in [6.07, 6.45) is 0.310. The van der Waals surface area contributed by atoms with Crippen molar-refractivity contribution in [1.29, 1.82) is 0 Å². The second-order valence-corrected chi connectivity index (χ2v) is 19.4. The van der Waals surface area contributed by atoms with Gasteiger partial charge in [-0.3, -0.25) is 4.79 Å². The molecule has 0 aliphatic heterocycles. The Hall–Kier alpha value is -4.55. The summed E-state index contributed by atoms with van der Waals surface area (Å²) in [4.78, 5) is 15.5. The smallest absolute Gasteiger partial charge is 0.369 e. The molecule has 2 N–H and O–H groups in total. The second kappa shape index (κ2) is 24.2. The summed E-state index contributed by atoms with van der Waals surface area (Å²) in [5.74, 6) is 0.564. The number of hydrogen-bond acceptors (Lipinski definition) is 7. The highest BCUT2D eigenvalue weighted by atomic mass is 32.2. The molecule has 0 bridgehead atoms. The molecule has 0 saturated heterocycles. The van der Waals surface area contributed by atoms with Gasteiger partial charge < -0.3 is 19.5 Å². The van der Waals surface area contributed by atoms with Gasteiger partial charge in [-0.05, 0) is 131 Å². The van der Waals surface area contributed by atoms with Gasteiger partial charge in [-0.1, -0.05) is 126 Å². The maximum absolute atomic E-state index is 13.0. The Labute approximate surface area is 366 Å². The van der Waals surface area contributed by atoms with Crippen molar-refractivity contribution >= 4 is 27.0 Å². The van der Waals surface area contributed by atoms with Crippen LogP contribution in [0.15, 0.2) is 154 Å². The van der Waals surface area contributed by atoms with Crippen molar-refractivity contribution < 1.29 is 41.5 Å². The third kappa shape index (κ3) is 16.7. The third-order valence-corrected chi connectivity index (χ3v) is 13.6. The van der Waals surface area contributed by atoms with Crippen molar-refractivity contribution in [2.75, 3.05) is 0 Å². The molecule has 0 aromatic heterocycles. The summed E-state index contributed by atoms with van der Waals surface area (Å²) in [6.45, 7) is 17.6. The molecule has 5 aromatic carbocycles. The maximum Gasteiger partial charge on any atom is 0.369 e. The first-order chi connectivity index (χ1) is 28.5. The van der Waals surface area contributed by atoms with Crippen LogP contribution in [0.1, 0.15) is 117 Å². The van der Waals surface area contributed by atoms with Crippen LogP contribution in [0.5, 0.6) is 5.75 Å². The van der Waals surface area contributed by atoms with Crippen molar-refractivity contribution in [3.8, 4) is 5.75 Å². The van der Waals surface area contributed by atoms with Gasteiger partial charge in [0.25, 0.3) is 0 Å². The van der Waals surface area contributed by atoms with Crippen LogP contribution in [0.2, 0.25) is 0 Å². The minimum absolute atomic E-state index is 0.0146. The number of aromatic hydroxyl groups is 1. The highest BCUT2D eigenvalue weighted by Gasteiger charge is 2.47. The van der Waals surface area contributed by atoms with Gasteiger partial charge in [0.2, 0.25) is 0 Å². The lowest BCUT2D eigenvalue weighted by molar-refractivity contribution is -0.170. The molecule has 5 aromatic rings. The molecule has 3 unspecified atom stereocenters. The number of rotatable bonds is 13. The van der Waals surface area contributed by atoms with E-state index in [0.717, 1.165) is 18.4 Å². The van der Waals surface area contributed by atoms with Gasteiger partial charge >= 0.3 is 11.2 Å². The number of carbonyl (C=O) groups is 1. The minimum Gasteiger partial charge on any atom is -0.743 e. The summed E-state index contributed by atoms with van der Waals surface area (Å²) < 4.78 is 61.2. The predicted octanol–water partition coefficient (Wildman–Crippen LogP) is 12.6. The standard InChI is InChI=1S/C18H15S.C13H20O.C10H14O.C9H16F2O5S/c1-4-10-16(11-5-1)19(17-12-6-2-7-13-17)18-14-8-3-9-15-18;1-5-10(2)11-6-8-12(9-7-11)13(3,4)14;1-3-8(2)9-4-6-10(11)7-5-9;1-5-8(3,4)7(12)16-6(2)9(10,11)17(13,14)15/h1-15H;6-10,14H,5H2,1-4H3;4-8,11H,3H2,1-2H3;6H,5H2,1-4H3,(H,13,14,15)/q+1;;;/p-1. The van der Waals surface area contributed by atoms with Crippen LogP contribution in [-0.2, 0) is 36.1 Å². The van der Waals surface area contributed by atoms with E-state index in [9.17, 15) is 31.7 Å². The maximum atomic E-state index is 13.0. The molecule has 0 saturated carbocycles. The molecular weight excluding hydrogens is 815 g/mol. The quantitative estimate of drug-likeness (QED) is 0.0685. The number of benzene rings is 5. The monoisotopic (exact) mass is 878 g/mol. The van der Waals surface area contributed by atoms with Crippen molar-refractivity contribution in [2.24, 2.45) is 5.41 Å². The topological polar surface area (TPSA) is 124 Å². The predicted molar refractivity (Wildman–Crippen MR) is 243 cm³/mol. The van der Waals surface area contributed by atoms with Gasteiger partial charge in [0.05, 0.1) is 21.9 Å². The van der Waals surface area contributed by atoms with E-state index in [1.54, 1.807) is 19.1 Å². The molecule has 7 nitrogen and oxygen atoms in total. The van der Waals surface area contributed by atoms with Gasteiger partial charge in [0.15, 0.2) is 30.9 Å². The van der Waals surface area contributed by atoms with E-state index >= 15 is 0 Å². The van der Waals surface area contributed by atoms with Crippen molar-refractivity contribution in [3.63, 3.8) is 0 Å². The average molecular weight is 879 g/mol. The van der Waals surface area contributed by atoms with Gasteiger partial charge in [0, 0.05) is 0 Å². The molecule has 0 aliphatic carbocycles. The van der Waals surface area contributed by atoms with E-state index in [1.807, 2.05) is 38.1 Å². The molecule has 61 heavy (non-hydrogen) atoms. The van der Waals surface area contributed by atoms with Crippen LogP contribution in [0.4, 0.5) is 8.78 Å². The minimum atomic E-state index is -5.86. The van der Waals surface area contributed by atoms with Crippen molar-refractivity contribution in [3.05, 3.63) is 156 Å². The van der Waals surface area contributed by atoms with Gasteiger partial charge in [-0.2, -0.15) is 8.78 Å². The van der Waals surface area contributed by atoms with E-state index < -0.39 is 38.5 Å². The van der Waals surface area contributed by atoms with Crippen LogP contribution in [0.25, 0.3) is 0 Å². The Morgan fingerprint density at radius 2 is 1.00 bits per heavy atom. The molecule has 0 amide bonds. The van der Waals surface area contributed by atoms with Crippen LogP contribution in [0.3, 0.4) is 0 Å². The summed E-state index contributed by atoms with van der Waals surface area (Å²) in [5.41, 5.74) is 1.88. The number of hydrogen-bond donors (Lipinski definition) is 2. The number of ether oxygens (including phenoxy) is 1. The zero-order chi connectivity index (χ0) is 46.0. The summed E-state index contributed by atoms with van der Waals surface area (Å²) in [7, 11) is -5.87. The highest BCUT2D eigenvalue weighted by Crippen LogP contribution is 2.32. The molecule has 5 rings (SSSR count). The van der Waals surface area contributed by atoms with Gasteiger partial charge in [0.1, 0.15) is 5.75 Å². The normalized spacial score (nSPS) is 13.2. The SMILES string of the molecule is CCC(C)(C)C(=O)OC(C)C(F)(F)S(=O)(=O)[O-].CCC(C)c1ccc(C(C)(C)O)cc1.CCC(C)c1ccc(O)cc1.c1ccc([S+](c2ccccc2)c2ccccc2)cc1. The van der Waals surface area contributed by atoms with E-state index in [4.69, 9.17) is 5.11 Å². The van der Waals surface area contributed by atoms with E-state index in [1.165, 1.54) is 39.7 Å². The lowest BCUT2D eigenvalue weighted by Gasteiger charge is -2.29. The van der Waals surface area contributed by atoms with Crippen LogP contribution < -0.4 is 0 Å². The molecule has 0 heterocycles. The molecule has 11 heteroatoms.